The van der Waals surface area contributed by atoms with Gasteiger partial charge in [-0.25, -0.2) is 4.79 Å². The highest BCUT2D eigenvalue weighted by Gasteiger charge is 2.32. The largest absolute Gasteiger partial charge is 0.482 e. The van der Waals surface area contributed by atoms with Gasteiger partial charge >= 0.3 is 5.97 Å². The first-order chi connectivity index (χ1) is 10.7. The summed E-state index contributed by atoms with van der Waals surface area (Å²) in [5.74, 6) is -2.95. The second-order valence-corrected chi connectivity index (χ2v) is 3.29. The van der Waals surface area contributed by atoms with Gasteiger partial charge in [-0.05, 0) is 12.1 Å². The van der Waals surface area contributed by atoms with Crippen molar-refractivity contribution in [2.75, 3.05) is 6.61 Å². The molecule has 2 rings (SSSR count). The van der Waals surface area contributed by atoms with Gasteiger partial charge in [0.1, 0.15) is 5.75 Å². The summed E-state index contributed by atoms with van der Waals surface area (Å²) < 4.78 is 42.4. The maximum Gasteiger partial charge on any atom is 0.370 e. The van der Waals surface area contributed by atoms with Crippen LogP contribution in [0.5, 0.6) is 5.75 Å². The van der Waals surface area contributed by atoms with E-state index >= 15 is 0 Å². The van der Waals surface area contributed by atoms with E-state index in [0.717, 1.165) is 0 Å². The fourth-order valence-corrected chi connectivity index (χ4v) is 1.23. The molecule has 0 aliphatic carbocycles. The van der Waals surface area contributed by atoms with Crippen molar-refractivity contribution in [1.29, 1.82) is 0 Å². The molecule has 0 N–H and O–H groups in total. The van der Waals surface area contributed by atoms with E-state index in [2.05, 4.69) is 4.84 Å². The van der Waals surface area contributed by atoms with Crippen molar-refractivity contribution >= 4 is 17.8 Å². The summed E-state index contributed by atoms with van der Waals surface area (Å²) >= 11 is 0. The molecule has 2 amide bonds. The first-order valence-electron chi connectivity index (χ1n) is 7.50. The molecule has 0 saturated carbocycles. The molecule has 0 spiro atoms. The van der Waals surface area contributed by atoms with Gasteiger partial charge in [-0.2, -0.15) is 0 Å². The van der Waals surface area contributed by atoms with Gasteiger partial charge in [0.2, 0.25) is 0 Å². The average Bonchev–Trinajstić information content (AvgIpc) is 2.83. The number of hydroxylamine groups is 2. The highest BCUT2D eigenvalue weighted by Crippen LogP contribution is 2.13. The van der Waals surface area contributed by atoms with E-state index < -0.39 is 60.4 Å². The van der Waals surface area contributed by atoms with Crippen molar-refractivity contribution in [3.8, 4) is 5.75 Å². The summed E-state index contributed by atoms with van der Waals surface area (Å²) in [5.41, 5.74) is 0. The predicted octanol–water partition coefficient (Wildman–Crippen LogP) is 0.673. The van der Waals surface area contributed by atoms with Gasteiger partial charge in [-0.3, -0.25) is 9.59 Å². The number of ether oxygens (including phenoxy) is 1. The molecular weight excluding hydrogens is 238 g/mol. The minimum absolute atomic E-state index is 0.0594. The Balaban J connectivity index is 2.08. The molecule has 1 aromatic rings. The third kappa shape index (κ3) is 2.85. The summed E-state index contributed by atoms with van der Waals surface area (Å²) in [5, 5.41) is 0.327. The molecule has 0 unspecified atom stereocenters. The minimum atomic E-state index is -1.11. The Morgan fingerprint density at radius 3 is 2.44 bits per heavy atom. The molecule has 1 fully saturated rings. The van der Waals surface area contributed by atoms with E-state index in [1.807, 2.05) is 0 Å². The lowest BCUT2D eigenvalue weighted by Crippen LogP contribution is -2.33. The first-order valence-corrected chi connectivity index (χ1v) is 5.00. The summed E-state index contributed by atoms with van der Waals surface area (Å²) in [4.78, 5) is 38.7. The smallest absolute Gasteiger partial charge is 0.370 e. The molecule has 0 atom stereocenters. The van der Waals surface area contributed by atoms with Crippen LogP contribution in [0.3, 0.4) is 0 Å². The van der Waals surface area contributed by atoms with Crippen LogP contribution >= 0.6 is 0 Å². The molecule has 1 aliphatic rings. The molecule has 1 saturated heterocycles. The van der Waals surface area contributed by atoms with E-state index in [4.69, 9.17) is 11.6 Å². The summed E-state index contributed by atoms with van der Waals surface area (Å²) in [6.07, 6.45) is -0.119. The lowest BCUT2D eigenvalue weighted by molar-refractivity contribution is -0.198. The van der Waals surface area contributed by atoms with E-state index in [-0.39, 0.29) is 12.8 Å². The van der Waals surface area contributed by atoms with Crippen LogP contribution in [0.15, 0.2) is 30.2 Å². The van der Waals surface area contributed by atoms with E-state index in [1.165, 1.54) is 0 Å². The number of imide groups is 1. The third-order valence-corrected chi connectivity index (χ3v) is 2.01. The van der Waals surface area contributed by atoms with Crippen LogP contribution in [0.2, 0.25) is 0 Å². The molecule has 94 valence electrons. The van der Waals surface area contributed by atoms with Crippen LogP contribution in [0.25, 0.3) is 0 Å². The number of nitrogens with zero attached hydrogens (tertiary/aromatic N) is 1. The summed E-state index contributed by atoms with van der Waals surface area (Å²) in [6.45, 7) is -0.828. The van der Waals surface area contributed by atoms with Gasteiger partial charge in [0.05, 0.1) is 6.85 Å². The highest BCUT2D eigenvalue weighted by molar-refractivity contribution is 6.01. The molecule has 1 aliphatic heterocycles. The lowest BCUT2D eigenvalue weighted by atomic mass is 10.3. The first kappa shape index (κ1) is 7.15. The topological polar surface area (TPSA) is 72.9 Å². The van der Waals surface area contributed by atoms with Gasteiger partial charge in [-0.1, -0.05) is 18.1 Å². The van der Waals surface area contributed by atoms with Crippen molar-refractivity contribution in [1.82, 2.24) is 5.06 Å². The molecule has 0 aromatic heterocycles. The van der Waals surface area contributed by atoms with E-state index in [1.54, 1.807) is 0 Å². The van der Waals surface area contributed by atoms with Crippen LogP contribution < -0.4 is 4.74 Å². The molecule has 6 nitrogen and oxygen atoms in total. The molecule has 1 aromatic carbocycles. The maximum absolute atomic E-state index is 11.6. The number of hydrogen-bond donors (Lipinski definition) is 0. The Morgan fingerprint density at radius 1 is 1.22 bits per heavy atom. The Labute approximate surface area is 110 Å². The van der Waals surface area contributed by atoms with Crippen LogP contribution in [-0.4, -0.2) is 29.5 Å². The zero-order valence-corrected chi connectivity index (χ0v) is 9.11. The molecular formula is C12H11NO5. The normalized spacial score (nSPS) is 18.7. The Kier molecular flexibility index (Phi) is 2.11. The SMILES string of the molecule is [2H]c1c([2H])c([2H])c(OCC(=O)ON2C(=O)CCC2=O)c([2H])c1[2H]. The summed E-state index contributed by atoms with van der Waals surface area (Å²) in [6, 6.07) is -3.05. The van der Waals surface area contributed by atoms with Gasteiger partial charge < -0.3 is 9.57 Å². The fraction of sp³-hybridized carbons (Fsp3) is 0.250. The van der Waals surface area contributed by atoms with Crippen molar-refractivity contribution in [3.05, 3.63) is 30.2 Å². The highest BCUT2D eigenvalue weighted by atomic mass is 16.7. The number of carbonyl (C=O) groups excluding carboxylic acids is 3. The fourth-order valence-electron chi connectivity index (χ4n) is 1.23. The van der Waals surface area contributed by atoms with Gasteiger partial charge in [0.15, 0.2) is 6.61 Å². The minimum Gasteiger partial charge on any atom is -0.482 e. The number of carbonyl (C=O) groups is 3. The Morgan fingerprint density at radius 2 is 1.83 bits per heavy atom. The summed E-state index contributed by atoms with van der Waals surface area (Å²) in [7, 11) is 0. The molecule has 0 bridgehead atoms. The second-order valence-electron chi connectivity index (χ2n) is 3.29. The zero-order valence-electron chi connectivity index (χ0n) is 14.1. The lowest BCUT2D eigenvalue weighted by Gasteiger charge is -2.12. The van der Waals surface area contributed by atoms with Crippen molar-refractivity contribution in [2.24, 2.45) is 0 Å². The predicted molar refractivity (Wildman–Crippen MR) is 59.1 cm³/mol. The van der Waals surface area contributed by atoms with Crippen molar-refractivity contribution in [3.63, 3.8) is 0 Å². The molecule has 18 heavy (non-hydrogen) atoms. The van der Waals surface area contributed by atoms with Gasteiger partial charge in [0, 0.05) is 12.8 Å². The van der Waals surface area contributed by atoms with Crippen molar-refractivity contribution in [2.45, 2.75) is 12.8 Å². The number of para-hydroxylation sites is 1. The van der Waals surface area contributed by atoms with Crippen LogP contribution in [0, 0.1) is 0 Å². The third-order valence-electron chi connectivity index (χ3n) is 2.01. The van der Waals surface area contributed by atoms with Crippen LogP contribution in [-0.2, 0) is 19.2 Å². The molecule has 1 heterocycles. The van der Waals surface area contributed by atoms with E-state index in [0.29, 0.717) is 5.06 Å². The second kappa shape index (κ2) is 5.31. The number of benzene rings is 1. The Bertz CT molecular complexity index is 663. The van der Waals surface area contributed by atoms with E-state index in [9.17, 15) is 14.4 Å². The van der Waals surface area contributed by atoms with Gasteiger partial charge in [-0.15, -0.1) is 5.06 Å². The molecule has 0 radical (unpaired) electrons. The standard InChI is InChI=1S/C12H11NO5/c14-10-6-7-11(15)13(10)18-12(16)8-17-9-4-2-1-3-5-9/h1-5H,6-8H2/i1D,2D,3D,4D,5D. The average molecular weight is 254 g/mol. The zero-order chi connectivity index (χ0) is 17.3. The van der Waals surface area contributed by atoms with Crippen LogP contribution in [0.1, 0.15) is 19.7 Å². The number of hydrogen-bond acceptors (Lipinski definition) is 5. The monoisotopic (exact) mass is 254 g/mol. The number of amides is 2. The van der Waals surface area contributed by atoms with Crippen molar-refractivity contribution < 1.29 is 30.8 Å². The number of rotatable bonds is 4. The quantitative estimate of drug-likeness (QED) is 0.738. The maximum atomic E-state index is 11.6. The van der Waals surface area contributed by atoms with Crippen LogP contribution in [0.4, 0.5) is 0 Å². The molecule has 6 heteroatoms. The van der Waals surface area contributed by atoms with Gasteiger partial charge in [0.25, 0.3) is 11.8 Å². The Hall–Kier alpha value is -2.37.